The van der Waals surface area contributed by atoms with Crippen molar-refractivity contribution in [2.24, 2.45) is 5.73 Å². The molecule has 7 nitrogen and oxygen atoms in total. The maximum absolute atomic E-state index is 13.9. The van der Waals surface area contributed by atoms with Crippen LogP contribution in [0.1, 0.15) is 35.7 Å². The molecule has 2 aromatic rings. The lowest BCUT2D eigenvalue weighted by molar-refractivity contribution is -0.117. The first-order valence-electron chi connectivity index (χ1n) is 10.4. The van der Waals surface area contributed by atoms with E-state index in [1.165, 1.54) is 6.07 Å². The standard InChI is InChI=1S/C23H28FN5O2/c1-2-27-22(30)15-7-9-17(10-8-15)28-20(21(25)23(31)29-18-11-12-18)14-26-13-16-5-3-4-6-19(16)24/h3-10,18,26,28H,2,11-14,25H2,1H3,(H,27,30)(H,29,31)/b21-20-. The zero-order chi connectivity index (χ0) is 22.2. The second-order valence-electron chi connectivity index (χ2n) is 7.40. The van der Waals surface area contributed by atoms with E-state index < -0.39 is 0 Å². The highest BCUT2D eigenvalue weighted by atomic mass is 19.1. The Balaban J connectivity index is 1.71. The molecule has 0 heterocycles. The average Bonchev–Trinajstić information content (AvgIpc) is 3.58. The molecule has 0 aliphatic heterocycles. The highest BCUT2D eigenvalue weighted by Crippen LogP contribution is 2.19. The zero-order valence-corrected chi connectivity index (χ0v) is 17.5. The molecule has 2 amide bonds. The van der Waals surface area contributed by atoms with Crippen molar-refractivity contribution < 1.29 is 14.0 Å². The van der Waals surface area contributed by atoms with Crippen LogP contribution in [0, 0.1) is 5.82 Å². The van der Waals surface area contributed by atoms with E-state index in [2.05, 4.69) is 21.3 Å². The van der Waals surface area contributed by atoms with Crippen molar-refractivity contribution in [1.82, 2.24) is 16.0 Å². The van der Waals surface area contributed by atoms with Crippen molar-refractivity contribution in [2.75, 3.05) is 18.4 Å². The van der Waals surface area contributed by atoms with Gasteiger partial charge in [-0.05, 0) is 50.1 Å². The van der Waals surface area contributed by atoms with Crippen molar-refractivity contribution in [3.8, 4) is 0 Å². The largest absolute Gasteiger partial charge is 0.393 e. The monoisotopic (exact) mass is 425 g/mol. The van der Waals surface area contributed by atoms with E-state index in [1.807, 2.05) is 6.92 Å². The van der Waals surface area contributed by atoms with Gasteiger partial charge < -0.3 is 27.0 Å². The van der Waals surface area contributed by atoms with Gasteiger partial charge in [-0.1, -0.05) is 18.2 Å². The van der Waals surface area contributed by atoms with Crippen LogP contribution in [0.5, 0.6) is 0 Å². The molecular formula is C23H28FN5O2. The van der Waals surface area contributed by atoms with E-state index in [-0.39, 0.29) is 42.5 Å². The van der Waals surface area contributed by atoms with Crippen molar-refractivity contribution in [3.05, 3.63) is 76.9 Å². The van der Waals surface area contributed by atoms with Gasteiger partial charge in [-0.15, -0.1) is 0 Å². The van der Waals surface area contributed by atoms with Crippen molar-refractivity contribution in [3.63, 3.8) is 0 Å². The van der Waals surface area contributed by atoms with E-state index in [0.29, 0.717) is 29.1 Å². The molecule has 0 aromatic heterocycles. The molecule has 1 saturated carbocycles. The normalized spacial score (nSPS) is 13.9. The first-order valence-corrected chi connectivity index (χ1v) is 10.4. The third-order valence-electron chi connectivity index (χ3n) is 4.84. The quantitative estimate of drug-likeness (QED) is 0.375. The van der Waals surface area contributed by atoms with Gasteiger partial charge in [0.2, 0.25) is 0 Å². The minimum Gasteiger partial charge on any atom is -0.393 e. The molecule has 3 rings (SSSR count). The summed E-state index contributed by atoms with van der Waals surface area (Å²) in [6, 6.07) is 13.5. The summed E-state index contributed by atoms with van der Waals surface area (Å²) in [4.78, 5) is 24.4. The highest BCUT2D eigenvalue weighted by Gasteiger charge is 2.25. The van der Waals surface area contributed by atoms with Gasteiger partial charge in [0, 0.05) is 42.5 Å². The van der Waals surface area contributed by atoms with Gasteiger partial charge in [-0.2, -0.15) is 0 Å². The summed E-state index contributed by atoms with van der Waals surface area (Å²) in [5.74, 6) is -0.787. The topological polar surface area (TPSA) is 108 Å². The number of halogens is 1. The molecule has 6 N–H and O–H groups in total. The van der Waals surface area contributed by atoms with Crippen LogP contribution < -0.4 is 27.0 Å². The number of amides is 2. The predicted molar refractivity (Wildman–Crippen MR) is 119 cm³/mol. The first-order chi connectivity index (χ1) is 15.0. The Morgan fingerprint density at radius 1 is 1.10 bits per heavy atom. The summed E-state index contributed by atoms with van der Waals surface area (Å²) in [5.41, 5.74) is 8.42. The number of carbonyl (C=O) groups excluding carboxylic acids is 2. The number of benzene rings is 2. The van der Waals surface area contributed by atoms with Crippen LogP contribution in [-0.2, 0) is 11.3 Å². The average molecular weight is 426 g/mol. The maximum Gasteiger partial charge on any atom is 0.269 e. The van der Waals surface area contributed by atoms with Gasteiger partial charge >= 0.3 is 0 Å². The Bertz CT molecular complexity index is 955. The molecule has 0 spiro atoms. The van der Waals surface area contributed by atoms with Crippen LogP contribution in [0.25, 0.3) is 0 Å². The molecule has 0 atom stereocenters. The van der Waals surface area contributed by atoms with Crippen LogP contribution >= 0.6 is 0 Å². The van der Waals surface area contributed by atoms with Crippen molar-refractivity contribution >= 4 is 17.5 Å². The zero-order valence-electron chi connectivity index (χ0n) is 17.5. The lowest BCUT2D eigenvalue weighted by atomic mass is 10.1. The smallest absolute Gasteiger partial charge is 0.269 e. The van der Waals surface area contributed by atoms with E-state index in [0.717, 1.165) is 12.8 Å². The molecule has 0 radical (unpaired) electrons. The Hall–Kier alpha value is -3.39. The van der Waals surface area contributed by atoms with Crippen molar-refractivity contribution in [2.45, 2.75) is 32.4 Å². The second-order valence-corrected chi connectivity index (χ2v) is 7.40. The lowest BCUT2D eigenvalue weighted by Gasteiger charge is -2.16. The molecule has 0 saturated heterocycles. The number of nitrogens with one attached hydrogen (secondary N) is 4. The summed E-state index contributed by atoms with van der Waals surface area (Å²) in [6.07, 6.45) is 1.91. The fraction of sp³-hybridized carbons (Fsp3) is 0.304. The minimum absolute atomic E-state index is 0.0701. The van der Waals surface area contributed by atoms with Gasteiger partial charge in [0.15, 0.2) is 0 Å². The summed E-state index contributed by atoms with van der Waals surface area (Å²) >= 11 is 0. The number of nitrogens with two attached hydrogens (primary N) is 1. The van der Waals surface area contributed by atoms with Gasteiger partial charge in [0.25, 0.3) is 11.8 Å². The number of anilines is 1. The molecule has 1 aliphatic carbocycles. The SMILES string of the molecule is CCNC(=O)c1ccc(N/C(CNCc2ccccc2F)=C(\N)C(=O)NC2CC2)cc1. The third-order valence-corrected chi connectivity index (χ3v) is 4.84. The molecule has 2 aromatic carbocycles. The fourth-order valence-electron chi connectivity index (χ4n) is 2.94. The van der Waals surface area contributed by atoms with Gasteiger partial charge in [-0.25, -0.2) is 4.39 Å². The third kappa shape index (κ3) is 6.55. The van der Waals surface area contributed by atoms with Crippen LogP contribution in [0.4, 0.5) is 10.1 Å². The van der Waals surface area contributed by atoms with E-state index in [9.17, 15) is 14.0 Å². The molecule has 8 heteroatoms. The summed E-state index contributed by atoms with van der Waals surface area (Å²) in [6.45, 7) is 2.92. The molecule has 1 fully saturated rings. The van der Waals surface area contributed by atoms with E-state index >= 15 is 0 Å². The molecule has 0 unspecified atom stereocenters. The summed E-state index contributed by atoms with van der Waals surface area (Å²) < 4.78 is 13.9. The predicted octanol–water partition coefficient (Wildman–Crippen LogP) is 2.23. The van der Waals surface area contributed by atoms with Gasteiger partial charge in [-0.3, -0.25) is 9.59 Å². The second kappa shape index (κ2) is 10.6. The molecule has 1 aliphatic rings. The number of carbonyl (C=O) groups is 2. The van der Waals surface area contributed by atoms with Crippen LogP contribution in [0.3, 0.4) is 0 Å². The van der Waals surface area contributed by atoms with Crippen LogP contribution in [0.2, 0.25) is 0 Å². The van der Waals surface area contributed by atoms with E-state index in [1.54, 1.807) is 42.5 Å². The van der Waals surface area contributed by atoms with Crippen LogP contribution in [-0.4, -0.2) is 30.9 Å². The highest BCUT2D eigenvalue weighted by molar-refractivity contribution is 5.95. The lowest BCUT2D eigenvalue weighted by Crippen LogP contribution is -2.34. The Morgan fingerprint density at radius 2 is 1.81 bits per heavy atom. The number of hydrogen-bond acceptors (Lipinski definition) is 5. The van der Waals surface area contributed by atoms with Gasteiger partial charge in [0.05, 0.1) is 5.70 Å². The molecule has 0 bridgehead atoms. The fourth-order valence-corrected chi connectivity index (χ4v) is 2.94. The molecule has 164 valence electrons. The number of hydrogen-bond donors (Lipinski definition) is 5. The maximum atomic E-state index is 13.9. The van der Waals surface area contributed by atoms with Crippen molar-refractivity contribution in [1.29, 1.82) is 0 Å². The molecule has 31 heavy (non-hydrogen) atoms. The first kappa shape index (κ1) is 22.3. The Labute approximate surface area is 181 Å². The number of rotatable bonds is 10. The van der Waals surface area contributed by atoms with Crippen LogP contribution in [0.15, 0.2) is 59.9 Å². The Kier molecular flexibility index (Phi) is 7.61. The minimum atomic E-state index is -0.336. The van der Waals surface area contributed by atoms with E-state index in [4.69, 9.17) is 5.73 Å². The summed E-state index contributed by atoms with van der Waals surface area (Å²) in [5, 5.41) is 11.9. The van der Waals surface area contributed by atoms with Gasteiger partial charge in [0.1, 0.15) is 11.5 Å². The Morgan fingerprint density at radius 3 is 2.45 bits per heavy atom. The summed E-state index contributed by atoms with van der Waals surface area (Å²) in [7, 11) is 0. The molecular weight excluding hydrogens is 397 g/mol.